The van der Waals surface area contributed by atoms with E-state index in [0.29, 0.717) is 17.5 Å². The van der Waals surface area contributed by atoms with Gasteiger partial charge >= 0.3 is 0 Å². The second-order valence-electron chi connectivity index (χ2n) is 10.7. The Morgan fingerprint density at radius 3 is 1.91 bits per heavy atom. The lowest BCUT2D eigenvalue weighted by Crippen LogP contribution is -2.00. The average Bonchev–Trinajstić information content (AvgIpc) is 3.64. The van der Waals surface area contributed by atoms with E-state index in [2.05, 4.69) is 46.6 Å². The first kappa shape index (κ1) is 26.5. The van der Waals surface area contributed by atoms with E-state index in [9.17, 15) is 0 Å². The van der Waals surface area contributed by atoms with E-state index in [4.69, 9.17) is 19.4 Å². The predicted molar refractivity (Wildman–Crippen MR) is 184 cm³/mol. The number of fused-ring (bicyclic) bond motifs is 4. The molecule has 214 valence electrons. The first-order chi connectivity index (χ1) is 22.2. The van der Waals surface area contributed by atoms with Crippen molar-refractivity contribution in [3.8, 4) is 39.9 Å². The van der Waals surface area contributed by atoms with Crippen LogP contribution in [0.3, 0.4) is 0 Å². The van der Waals surface area contributed by atoms with E-state index in [0.717, 1.165) is 66.6 Å². The normalized spacial score (nSPS) is 11.7. The molecule has 0 radical (unpaired) electrons. The van der Waals surface area contributed by atoms with Crippen LogP contribution in [-0.2, 0) is 0 Å². The number of para-hydroxylation sites is 1. The lowest BCUT2D eigenvalue weighted by Gasteiger charge is -2.12. The van der Waals surface area contributed by atoms with Crippen LogP contribution in [-0.4, -0.2) is 26.2 Å². The standard InChI is InChI=1S/C39H27N5O/c1-3-14-28-27-19-10-11-21-30(27)44(39(28)40-2)31-22-13-24-33-35(31)34-29(20-12-23-32(34)45-33)38-42-36(25-15-6-4-7-16-25)41-37(43-38)26-17-8-5-9-18-26/h3-24H,2H2,1H3/b14-3-. The first-order valence-corrected chi connectivity index (χ1v) is 14.8. The van der Waals surface area contributed by atoms with Crippen molar-refractivity contribution in [2.75, 3.05) is 0 Å². The lowest BCUT2D eigenvalue weighted by molar-refractivity contribution is 0.669. The van der Waals surface area contributed by atoms with Gasteiger partial charge < -0.3 is 4.42 Å². The van der Waals surface area contributed by atoms with Crippen molar-refractivity contribution in [3.63, 3.8) is 0 Å². The van der Waals surface area contributed by atoms with Crippen LogP contribution in [0.25, 0.3) is 78.8 Å². The highest BCUT2D eigenvalue weighted by molar-refractivity contribution is 6.16. The van der Waals surface area contributed by atoms with Crippen molar-refractivity contribution >= 4 is 51.5 Å². The van der Waals surface area contributed by atoms with Gasteiger partial charge in [0.2, 0.25) is 0 Å². The van der Waals surface area contributed by atoms with Crippen LogP contribution < -0.4 is 0 Å². The van der Waals surface area contributed by atoms with Gasteiger partial charge in [-0.15, -0.1) is 0 Å². The number of rotatable bonds is 6. The molecule has 45 heavy (non-hydrogen) atoms. The van der Waals surface area contributed by atoms with E-state index in [1.54, 1.807) is 0 Å². The van der Waals surface area contributed by atoms with E-state index in [1.165, 1.54) is 0 Å². The summed E-state index contributed by atoms with van der Waals surface area (Å²) in [5.74, 6) is 2.55. The molecule has 6 nitrogen and oxygen atoms in total. The van der Waals surface area contributed by atoms with E-state index in [-0.39, 0.29) is 0 Å². The van der Waals surface area contributed by atoms with Crippen LogP contribution in [0.1, 0.15) is 12.5 Å². The van der Waals surface area contributed by atoms with Crippen molar-refractivity contribution in [2.24, 2.45) is 4.99 Å². The minimum atomic E-state index is 0.569. The number of nitrogens with zero attached hydrogens (tertiary/aromatic N) is 5. The molecule has 0 aliphatic carbocycles. The second-order valence-corrected chi connectivity index (χ2v) is 10.7. The summed E-state index contributed by atoms with van der Waals surface area (Å²) in [7, 11) is 0. The van der Waals surface area contributed by atoms with Crippen LogP contribution in [0, 0.1) is 0 Å². The molecule has 0 atom stereocenters. The molecule has 0 fully saturated rings. The fourth-order valence-corrected chi connectivity index (χ4v) is 6.13. The molecule has 0 spiro atoms. The Kier molecular flexibility index (Phi) is 6.38. The van der Waals surface area contributed by atoms with Crippen LogP contribution in [0.15, 0.2) is 137 Å². The van der Waals surface area contributed by atoms with Gasteiger partial charge in [-0.1, -0.05) is 109 Å². The largest absolute Gasteiger partial charge is 0.456 e. The number of benzene rings is 5. The zero-order chi connectivity index (χ0) is 30.3. The SMILES string of the molecule is C=Nc1c(/C=C\C)c2ccccc2n1-c1cccc2oc3cccc(-c4nc(-c5ccccc5)nc(-c5ccccc5)n4)c3c12. The summed E-state index contributed by atoms with van der Waals surface area (Å²) in [4.78, 5) is 19.5. The third-order valence-electron chi connectivity index (χ3n) is 8.05. The third kappa shape index (κ3) is 4.34. The Balaban J connectivity index is 1.46. The number of hydrogen-bond donors (Lipinski definition) is 0. The highest BCUT2D eigenvalue weighted by Crippen LogP contribution is 2.43. The monoisotopic (exact) mass is 581 g/mol. The Bertz CT molecular complexity index is 2340. The van der Waals surface area contributed by atoms with Gasteiger partial charge in [0.25, 0.3) is 0 Å². The van der Waals surface area contributed by atoms with Gasteiger partial charge in [0.05, 0.1) is 16.6 Å². The molecule has 3 heterocycles. The van der Waals surface area contributed by atoms with Crippen LogP contribution in [0.5, 0.6) is 0 Å². The molecular weight excluding hydrogens is 554 g/mol. The summed E-state index contributed by atoms with van der Waals surface area (Å²) >= 11 is 0. The first-order valence-electron chi connectivity index (χ1n) is 14.8. The molecule has 5 aromatic carbocycles. The average molecular weight is 582 g/mol. The van der Waals surface area contributed by atoms with Crippen molar-refractivity contribution < 1.29 is 4.42 Å². The highest BCUT2D eigenvalue weighted by Gasteiger charge is 2.23. The maximum Gasteiger partial charge on any atom is 0.164 e. The van der Waals surface area contributed by atoms with Gasteiger partial charge in [-0.25, -0.2) is 19.9 Å². The number of aromatic nitrogens is 4. The highest BCUT2D eigenvalue weighted by atomic mass is 16.3. The van der Waals surface area contributed by atoms with Crippen LogP contribution >= 0.6 is 0 Å². The van der Waals surface area contributed by atoms with E-state index < -0.39 is 0 Å². The Labute approximate surface area is 259 Å². The summed E-state index contributed by atoms with van der Waals surface area (Å²) in [6, 6.07) is 40.5. The maximum absolute atomic E-state index is 6.50. The molecule has 0 N–H and O–H groups in total. The lowest BCUT2D eigenvalue weighted by atomic mass is 10.0. The van der Waals surface area contributed by atoms with Gasteiger partial charge in [0.1, 0.15) is 17.0 Å². The van der Waals surface area contributed by atoms with Crippen molar-refractivity contribution in [1.82, 2.24) is 19.5 Å². The summed E-state index contributed by atoms with van der Waals surface area (Å²) in [6.07, 6.45) is 4.12. The van der Waals surface area contributed by atoms with Crippen LogP contribution in [0.4, 0.5) is 5.82 Å². The quantitative estimate of drug-likeness (QED) is 0.183. The Morgan fingerprint density at radius 2 is 1.24 bits per heavy atom. The second kappa shape index (κ2) is 10.8. The fourth-order valence-electron chi connectivity index (χ4n) is 6.13. The maximum atomic E-state index is 6.50. The van der Waals surface area contributed by atoms with Gasteiger partial charge in [0.15, 0.2) is 17.5 Å². The van der Waals surface area contributed by atoms with Crippen LogP contribution in [0.2, 0.25) is 0 Å². The zero-order valence-corrected chi connectivity index (χ0v) is 24.6. The van der Waals surface area contributed by atoms with Gasteiger partial charge in [-0.2, -0.15) is 0 Å². The molecule has 8 rings (SSSR count). The van der Waals surface area contributed by atoms with E-state index in [1.807, 2.05) is 110 Å². The van der Waals surface area contributed by atoms with Crippen molar-refractivity contribution in [3.05, 3.63) is 133 Å². The number of hydrogen-bond acceptors (Lipinski definition) is 5. The van der Waals surface area contributed by atoms with Gasteiger partial charge in [-0.3, -0.25) is 4.57 Å². The molecule has 0 saturated heterocycles. The smallest absolute Gasteiger partial charge is 0.164 e. The predicted octanol–water partition coefficient (Wildman–Crippen LogP) is 10.1. The molecule has 0 aliphatic heterocycles. The Hall–Kier alpha value is -6.14. The number of allylic oxidation sites excluding steroid dienone is 1. The number of furan rings is 1. The molecule has 6 heteroatoms. The van der Waals surface area contributed by atoms with E-state index >= 15 is 0 Å². The molecule has 8 aromatic rings. The molecule has 0 aliphatic rings. The van der Waals surface area contributed by atoms with Gasteiger partial charge in [0, 0.05) is 33.0 Å². The topological polar surface area (TPSA) is 69.1 Å². The fraction of sp³-hybridized carbons (Fsp3) is 0.0256. The minimum absolute atomic E-state index is 0.569. The van der Waals surface area contributed by atoms with Crippen molar-refractivity contribution in [1.29, 1.82) is 0 Å². The summed E-state index contributed by atoms with van der Waals surface area (Å²) < 4.78 is 8.67. The molecule has 0 bridgehead atoms. The minimum Gasteiger partial charge on any atom is -0.456 e. The van der Waals surface area contributed by atoms with Gasteiger partial charge in [-0.05, 0) is 37.9 Å². The number of aliphatic imine (C=N–C) groups is 1. The molecule has 3 aromatic heterocycles. The summed E-state index contributed by atoms with van der Waals surface area (Å²) in [5, 5.41) is 2.97. The molecular formula is C39H27N5O. The third-order valence-corrected chi connectivity index (χ3v) is 8.05. The summed E-state index contributed by atoms with van der Waals surface area (Å²) in [6.45, 7) is 5.98. The summed E-state index contributed by atoms with van der Waals surface area (Å²) in [5.41, 5.74) is 7.19. The molecule has 0 saturated carbocycles. The Morgan fingerprint density at radius 1 is 0.644 bits per heavy atom. The van der Waals surface area contributed by atoms with Crippen molar-refractivity contribution in [2.45, 2.75) is 6.92 Å². The molecule has 0 amide bonds. The zero-order valence-electron chi connectivity index (χ0n) is 24.6. The molecule has 0 unspecified atom stereocenters.